The average molecular weight is 156 g/mol. The monoisotopic (exact) mass is 156 g/mol. The van der Waals surface area contributed by atoms with E-state index >= 15 is 0 Å². The molecule has 1 aliphatic rings. The second-order valence-corrected chi connectivity index (χ2v) is 3.54. The number of allylic oxidation sites excluding steroid dienone is 2. The summed E-state index contributed by atoms with van der Waals surface area (Å²) in [6.07, 6.45) is 5.82. The van der Waals surface area contributed by atoms with E-state index < -0.39 is 0 Å². The molecule has 0 amide bonds. The van der Waals surface area contributed by atoms with Gasteiger partial charge in [0.1, 0.15) is 0 Å². The first-order valence-electron chi connectivity index (χ1n) is 4.59. The number of benzene rings is 1. The predicted octanol–water partition coefficient (Wildman–Crippen LogP) is 2.35. The molecule has 0 aromatic heterocycles. The van der Waals surface area contributed by atoms with Gasteiger partial charge in [-0.25, -0.2) is 0 Å². The summed E-state index contributed by atoms with van der Waals surface area (Å²) in [4.78, 5) is 0. The normalized spacial score (nSPS) is 21.8. The van der Waals surface area contributed by atoms with Gasteiger partial charge in [0.05, 0.1) is 0 Å². The van der Waals surface area contributed by atoms with Crippen molar-refractivity contribution in [2.75, 3.05) is 0 Å². The molecule has 0 fully saturated rings. The zero-order valence-electron chi connectivity index (χ0n) is 7.40. The van der Waals surface area contributed by atoms with Crippen molar-refractivity contribution in [3.63, 3.8) is 0 Å². The van der Waals surface area contributed by atoms with Crippen molar-refractivity contribution in [3.05, 3.63) is 42.5 Å². The Kier molecular flexibility index (Phi) is 2.03. The van der Waals surface area contributed by atoms with E-state index in [1.807, 2.05) is 0 Å². The SMILES string of the molecule is CC1C=CCB1c1ccccc1. The third kappa shape index (κ3) is 1.31. The van der Waals surface area contributed by atoms with E-state index in [9.17, 15) is 0 Å². The van der Waals surface area contributed by atoms with Crippen LogP contribution in [0.2, 0.25) is 12.1 Å². The lowest BCUT2D eigenvalue weighted by Crippen LogP contribution is -2.29. The van der Waals surface area contributed by atoms with Crippen molar-refractivity contribution in [2.24, 2.45) is 0 Å². The zero-order chi connectivity index (χ0) is 8.39. The van der Waals surface area contributed by atoms with Gasteiger partial charge in [-0.1, -0.05) is 61.2 Å². The van der Waals surface area contributed by atoms with Crippen molar-refractivity contribution in [2.45, 2.75) is 19.1 Å². The molecule has 1 aliphatic heterocycles. The van der Waals surface area contributed by atoms with E-state index in [1.165, 1.54) is 11.8 Å². The molecule has 1 heteroatoms. The van der Waals surface area contributed by atoms with E-state index in [0.29, 0.717) is 5.82 Å². The molecule has 1 unspecified atom stereocenters. The highest BCUT2D eigenvalue weighted by Gasteiger charge is 2.23. The lowest BCUT2D eigenvalue weighted by atomic mass is 9.38. The first-order chi connectivity index (χ1) is 5.88. The number of hydrogen-bond donors (Lipinski definition) is 0. The van der Waals surface area contributed by atoms with Crippen LogP contribution in [0.4, 0.5) is 0 Å². The predicted molar refractivity (Wildman–Crippen MR) is 55.2 cm³/mol. The van der Waals surface area contributed by atoms with Crippen molar-refractivity contribution in [1.82, 2.24) is 0 Å². The Labute approximate surface area is 74.4 Å². The van der Waals surface area contributed by atoms with E-state index in [-0.39, 0.29) is 0 Å². The maximum Gasteiger partial charge on any atom is 0.186 e. The minimum atomic E-state index is 0.715. The van der Waals surface area contributed by atoms with Crippen LogP contribution in [-0.4, -0.2) is 6.71 Å². The summed E-state index contributed by atoms with van der Waals surface area (Å²) in [5.74, 6) is 0.715. The highest BCUT2D eigenvalue weighted by Crippen LogP contribution is 2.21. The topological polar surface area (TPSA) is 0 Å². The van der Waals surface area contributed by atoms with Gasteiger partial charge in [-0.2, -0.15) is 0 Å². The summed E-state index contributed by atoms with van der Waals surface area (Å²) < 4.78 is 0. The van der Waals surface area contributed by atoms with Gasteiger partial charge in [-0.15, -0.1) is 0 Å². The van der Waals surface area contributed by atoms with Gasteiger partial charge in [0.15, 0.2) is 6.71 Å². The zero-order valence-corrected chi connectivity index (χ0v) is 7.40. The van der Waals surface area contributed by atoms with Crippen molar-refractivity contribution in [1.29, 1.82) is 0 Å². The Morgan fingerprint density at radius 2 is 2.00 bits per heavy atom. The summed E-state index contributed by atoms with van der Waals surface area (Å²) in [6.45, 7) is 3.02. The van der Waals surface area contributed by atoms with Crippen molar-refractivity contribution < 1.29 is 0 Å². The molecule has 1 atom stereocenters. The Bertz CT molecular complexity index is 276. The van der Waals surface area contributed by atoms with E-state index in [0.717, 1.165) is 6.71 Å². The second kappa shape index (κ2) is 3.18. The Balaban J connectivity index is 2.22. The Morgan fingerprint density at radius 3 is 2.58 bits per heavy atom. The molecule has 0 N–H and O–H groups in total. The van der Waals surface area contributed by atoms with Crippen molar-refractivity contribution in [3.8, 4) is 0 Å². The molecule has 0 aliphatic carbocycles. The lowest BCUT2D eigenvalue weighted by molar-refractivity contribution is 1.20. The maximum absolute atomic E-state index is 2.32. The molecule has 60 valence electrons. The van der Waals surface area contributed by atoms with Crippen LogP contribution in [0.1, 0.15) is 6.92 Å². The first kappa shape index (κ1) is 7.66. The van der Waals surface area contributed by atoms with Crippen LogP contribution in [-0.2, 0) is 0 Å². The third-order valence-corrected chi connectivity index (χ3v) is 2.69. The van der Waals surface area contributed by atoms with Gasteiger partial charge in [0, 0.05) is 0 Å². The average Bonchev–Trinajstić information content (AvgIpc) is 2.53. The fourth-order valence-electron chi connectivity index (χ4n) is 1.93. The van der Waals surface area contributed by atoms with Crippen LogP contribution in [0.25, 0.3) is 0 Å². The molecule has 0 nitrogen and oxygen atoms in total. The molecule has 1 heterocycles. The van der Waals surface area contributed by atoms with Gasteiger partial charge in [0.2, 0.25) is 0 Å². The molecule has 1 aromatic carbocycles. The summed E-state index contributed by atoms with van der Waals surface area (Å²) in [7, 11) is 0. The fraction of sp³-hybridized carbons (Fsp3) is 0.273. The molecular weight excluding hydrogens is 143 g/mol. The summed E-state index contributed by atoms with van der Waals surface area (Å²) in [5.41, 5.74) is 1.48. The van der Waals surface area contributed by atoms with Gasteiger partial charge in [-0.05, 0) is 5.82 Å². The molecule has 0 bridgehead atoms. The molecule has 12 heavy (non-hydrogen) atoms. The third-order valence-electron chi connectivity index (χ3n) is 2.69. The minimum Gasteiger partial charge on any atom is -0.0958 e. The fourth-order valence-corrected chi connectivity index (χ4v) is 1.93. The van der Waals surface area contributed by atoms with Crippen LogP contribution in [0.3, 0.4) is 0 Å². The summed E-state index contributed by atoms with van der Waals surface area (Å²) >= 11 is 0. The molecule has 0 spiro atoms. The van der Waals surface area contributed by atoms with Gasteiger partial charge < -0.3 is 0 Å². The minimum absolute atomic E-state index is 0.715. The Morgan fingerprint density at radius 1 is 1.25 bits per heavy atom. The summed E-state index contributed by atoms with van der Waals surface area (Å²) in [5, 5.41) is 0. The maximum atomic E-state index is 2.32. The van der Waals surface area contributed by atoms with Gasteiger partial charge in [0.25, 0.3) is 0 Å². The smallest absolute Gasteiger partial charge is 0.0958 e. The molecule has 1 aromatic rings. The number of rotatable bonds is 1. The van der Waals surface area contributed by atoms with Crippen LogP contribution in [0.15, 0.2) is 42.5 Å². The largest absolute Gasteiger partial charge is 0.186 e. The van der Waals surface area contributed by atoms with Crippen LogP contribution in [0.5, 0.6) is 0 Å². The molecule has 0 saturated heterocycles. The molecular formula is C11H13B. The second-order valence-electron chi connectivity index (χ2n) is 3.54. The van der Waals surface area contributed by atoms with Crippen LogP contribution in [0, 0.1) is 0 Å². The molecule has 2 rings (SSSR count). The van der Waals surface area contributed by atoms with Crippen molar-refractivity contribution >= 4 is 12.2 Å². The van der Waals surface area contributed by atoms with Crippen LogP contribution >= 0.6 is 0 Å². The first-order valence-corrected chi connectivity index (χ1v) is 4.59. The Hall–Kier alpha value is -0.975. The number of hydrogen-bond acceptors (Lipinski definition) is 0. The van der Waals surface area contributed by atoms with E-state index in [2.05, 4.69) is 49.4 Å². The van der Waals surface area contributed by atoms with E-state index in [4.69, 9.17) is 0 Å². The highest BCUT2D eigenvalue weighted by atomic mass is 14.0. The highest BCUT2D eigenvalue weighted by molar-refractivity contribution is 6.76. The summed E-state index contributed by atoms with van der Waals surface area (Å²) in [6, 6.07) is 10.8. The molecule has 0 saturated carbocycles. The standard InChI is InChI=1S/C11H13B/c1-10-6-5-9-12(10)11-7-3-2-4-8-11/h2-8,10H,9H2,1H3. The quantitative estimate of drug-likeness (QED) is 0.432. The van der Waals surface area contributed by atoms with Gasteiger partial charge in [-0.3, -0.25) is 0 Å². The van der Waals surface area contributed by atoms with E-state index in [1.54, 1.807) is 0 Å². The van der Waals surface area contributed by atoms with Crippen LogP contribution < -0.4 is 5.46 Å². The van der Waals surface area contributed by atoms with Gasteiger partial charge >= 0.3 is 0 Å². The molecule has 0 radical (unpaired) electrons. The lowest BCUT2D eigenvalue weighted by Gasteiger charge is -2.10.